The Kier molecular flexibility index (Phi) is 6.10. The van der Waals surface area contributed by atoms with Crippen molar-refractivity contribution >= 4 is 5.91 Å². The van der Waals surface area contributed by atoms with Crippen LogP contribution in [0.2, 0.25) is 0 Å². The molecule has 1 amide bonds. The van der Waals surface area contributed by atoms with Gasteiger partial charge >= 0.3 is 0 Å². The van der Waals surface area contributed by atoms with Crippen molar-refractivity contribution in [3.8, 4) is 0 Å². The third-order valence-electron chi connectivity index (χ3n) is 6.58. The average molecular weight is 435 g/mol. The lowest BCUT2D eigenvalue weighted by atomic mass is 10.0. The molecule has 0 bridgehead atoms. The molecule has 1 fully saturated rings. The highest BCUT2D eigenvalue weighted by atomic mass is 16.3. The van der Waals surface area contributed by atoms with Crippen molar-refractivity contribution in [1.29, 1.82) is 0 Å². The maximum absolute atomic E-state index is 13.4. The number of hydrogen-bond donors (Lipinski definition) is 1. The zero-order valence-electron chi connectivity index (χ0n) is 18.3. The van der Waals surface area contributed by atoms with Gasteiger partial charge in [-0.2, -0.15) is 5.10 Å². The van der Waals surface area contributed by atoms with E-state index in [1.807, 2.05) is 23.1 Å². The van der Waals surface area contributed by atoms with Gasteiger partial charge in [-0.05, 0) is 37.0 Å². The Hall–Kier alpha value is -2.90. The molecule has 0 aliphatic carbocycles. The first-order valence-electron chi connectivity index (χ1n) is 11.5. The van der Waals surface area contributed by atoms with Gasteiger partial charge in [0.2, 0.25) is 0 Å². The van der Waals surface area contributed by atoms with Crippen LogP contribution in [0, 0.1) is 0 Å². The molecule has 2 aliphatic heterocycles. The Morgan fingerprint density at radius 3 is 2.66 bits per heavy atom. The summed E-state index contributed by atoms with van der Waals surface area (Å²) in [5.41, 5.74) is 4.07. The number of aliphatic hydroxyl groups excluding tert-OH is 1. The number of furan rings is 1. The van der Waals surface area contributed by atoms with Gasteiger partial charge in [0.05, 0.1) is 18.9 Å². The second kappa shape index (κ2) is 9.30. The van der Waals surface area contributed by atoms with Crippen LogP contribution in [0.3, 0.4) is 0 Å². The molecule has 7 heteroatoms. The number of benzene rings is 1. The number of hydrogen-bond acceptors (Lipinski definition) is 5. The third kappa shape index (κ3) is 4.49. The van der Waals surface area contributed by atoms with Crippen LogP contribution >= 0.6 is 0 Å². The molecule has 7 nitrogen and oxygen atoms in total. The Balaban J connectivity index is 1.39. The predicted molar refractivity (Wildman–Crippen MR) is 120 cm³/mol. The standard InChI is InChI=1S/C25H30N4O3/c30-20-9-13-28(14-10-20)25(31)24-22-18-27(17-21-7-4-16-32-21)12-11-23(22)29(26-24)15-8-19-5-2-1-3-6-19/h1-7,16,20,30H,8-15,17-18H2. The topological polar surface area (TPSA) is 74.7 Å². The lowest BCUT2D eigenvalue weighted by molar-refractivity contribution is 0.0538. The van der Waals surface area contributed by atoms with E-state index in [1.54, 1.807) is 6.26 Å². The summed E-state index contributed by atoms with van der Waals surface area (Å²) in [6, 6.07) is 14.3. The van der Waals surface area contributed by atoms with Crippen molar-refractivity contribution in [2.75, 3.05) is 19.6 Å². The van der Waals surface area contributed by atoms with E-state index in [-0.39, 0.29) is 12.0 Å². The summed E-state index contributed by atoms with van der Waals surface area (Å²) in [5.74, 6) is 0.925. The molecule has 1 saturated heterocycles. The molecule has 0 atom stereocenters. The number of aryl methyl sites for hydroxylation is 2. The van der Waals surface area contributed by atoms with E-state index in [4.69, 9.17) is 9.52 Å². The normalized spacial score (nSPS) is 17.5. The largest absolute Gasteiger partial charge is 0.468 e. The summed E-state index contributed by atoms with van der Waals surface area (Å²) in [7, 11) is 0. The lowest BCUT2D eigenvalue weighted by Crippen LogP contribution is -2.41. The second-order valence-electron chi connectivity index (χ2n) is 8.80. The first-order valence-corrected chi connectivity index (χ1v) is 11.5. The summed E-state index contributed by atoms with van der Waals surface area (Å²) in [4.78, 5) is 17.6. The molecule has 32 heavy (non-hydrogen) atoms. The molecular formula is C25H30N4O3. The van der Waals surface area contributed by atoms with E-state index in [0.29, 0.717) is 38.2 Å². The van der Waals surface area contributed by atoms with Crippen molar-refractivity contribution in [1.82, 2.24) is 19.6 Å². The summed E-state index contributed by atoms with van der Waals surface area (Å²) in [5, 5.41) is 14.7. The molecular weight excluding hydrogens is 404 g/mol. The van der Waals surface area contributed by atoms with Crippen LogP contribution in [0.5, 0.6) is 0 Å². The SMILES string of the molecule is O=C(c1nn(CCc2ccccc2)c2c1CN(Cc1ccco1)CC2)N1CCC(O)CC1. The van der Waals surface area contributed by atoms with Crippen LogP contribution in [-0.4, -0.2) is 56.3 Å². The number of piperidine rings is 1. The fraction of sp³-hybridized carbons (Fsp3) is 0.440. The van der Waals surface area contributed by atoms with Gasteiger partial charge in [-0.25, -0.2) is 0 Å². The Morgan fingerprint density at radius 2 is 1.91 bits per heavy atom. The first-order chi connectivity index (χ1) is 15.7. The summed E-state index contributed by atoms with van der Waals surface area (Å²) < 4.78 is 7.59. The lowest BCUT2D eigenvalue weighted by Gasteiger charge is -2.30. The molecule has 0 spiro atoms. The highest BCUT2D eigenvalue weighted by Gasteiger charge is 2.32. The predicted octanol–water partition coefficient (Wildman–Crippen LogP) is 2.87. The number of amides is 1. The van der Waals surface area contributed by atoms with E-state index in [9.17, 15) is 9.90 Å². The minimum Gasteiger partial charge on any atom is -0.468 e. The van der Waals surface area contributed by atoms with Gasteiger partial charge in [-0.3, -0.25) is 14.4 Å². The zero-order valence-corrected chi connectivity index (χ0v) is 18.3. The number of aliphatic hydroxyl groups is 1. The number of nitrogens with zero attached hydrogens (tertiary/aromatic N) is 4. The van der Waals surface area contributed by atoms with Crippen molar-refractivity contribution in [2.24, 2.45) is 0 Å². The van der Waals surface area contributed by atoms with Crippen LogP contribution in [-0.2, 0) is 32.5 Å². The van der Waals surface area contributed by atoms with Gasteiger partial charge in [0.1, 0.15) is 5.76 Å². The number of fused-ring (bicyclic) bond motifs is 1. The van der Waals surface area contributed by atoms with Gasteiger partial charge in [0, 0.05) is 50.4 Å². The second-order valence-corrected chi connectivity index (χ2v) is 8.80. The molecule has 0 unspecified atom stereocenters. The summed E-state index contributed by atoms with van der Waals surface area (Å²) in [6.07, 6.45) is 4.41. The van der Waals surface area contributed by atoms with Gasteiger partial charge in [-0.1, -0.05) is 30.3 Å². The Labute approximate surface area is 188 Å². The summed E-state index contributed by atoms with van der Waals surface area (Å²) >= 11 is 0. The zero-order chi connectivity index (χ0) is 21.9. The van der Waals surface area contributed by atoms with Gasteiger partial charge < -0.3 is 14.4 Å². The van der Waals surface area contributed by atoms with Crippen molar-refractivity contribution in [2.45, 2.75) is 51.4 Å². The van der Waals surface area contributed by atoms with E-state index in [1.165, 1.54) is 11.3 Å². The monoisotopic (exact) mass is 434 g/mol. The van der Waals surface area contributed by atoms with Gasteiger partial charge in [0.15, 0.2) is 5.69 Å². The van der Waals surface area contributed by atoms with Crippen LogP contribution in [0.4, 0.5) is 0 Å². The fourth-order valence-corrected chi connectivity index (χ4v) is 4.76. The average Bonchev–Trinajstić information content (AvgIpc) is 3.46. The smallest absolute Gasteiger partial charge is 0.274 e. The maximum atomic E-state index is 13.4. The molecule has 5 rings (SSSR count). The first kappa shape index (κ1) is 21.0. The minimum absolute atomic E-state index is 0.00791. The van der Waals surface area contributed by atoms with E-state index in [2.05, 4.69) is 33.8 Å². The van der Waals surface area contributed by atoms with Crippen molar-refractivity contribution in [3.63, 3.8) is 0 Å². The molecule has 3 aromatic rings. The van der Waals surface area contributed by atoms with Crippen LogP contribution in [0.25, 0.3) is 0 Å². The third-order valence-corrected chi connectivity index (χ3v) is 6.58. The highest BCUT2D eigenvalue weighted by Crippen LogP contribution is 2.26. The molecule has 0 radical (unpaired) electrons. The van der Waals surface area contributed by atoms with Crippen LogP contribution < -0.4 is 0 Å². The molecule has 2 aliphatic rings. The summed E-state index contributed by atoms with van der Waals surface area (Å²) in [6.45, 7) is 4.26. The number of carbonyl (C=O) groups is 1. The van der Waals surface area contributed by atoms with Gasteiger partial charge in [0.25, 0.3) is 5.91 Å². The number of likely N-dealkylation sites (tertiary alicyclic amines) is 1. The minimum atomic E-state index is -0.305. The molecule has 1 N–H and O–H groups in total. The quantitative estimate of drug-likeness (QED) is 0.646. The van der Waals surface area contributed by atoms with Crippen molar-refractivity contribution < 1.29 is 14.3 Å². The fourth-order valence-electron chi connectivity index (χ4n) is 4.76. The highest BCUT2D eigenvalue weighted by molar-refractivity contribution is 5.94. The maximum Gasteiger partial charge on any atom is 0.274 e. The van der Waals surface area contributed by atoms with Crippen molar-refractivity contribution in [3.05, 3.63) is 77.0 Å². The van der Waals surface area contributed by atoms with E-state index < -0.39 is 0 Å². The number of carbonyl (C=O) groups excluding carboxylic acids is 1. The molecule has 1 aromatic carbocycles. The van der Waals surface area contributed by atoms with Crippen LogP contribution in [0.1, 0.15) is 45.9 Å². The molecule has 2 aromatic heterocycles. The molecule has 4 heterocycles. The van der Waals surface area contributed by atoms with Gasteiger partial charge in [-0.15, -0.1) is 0 Å². The van der Waals surface area contributed by atoms with E-state index >= 15 is 0 Å². The number of rotatable bonds is 6. The number of aromatic nitrogens is 2. The molecule has 0 saturated carbocycles. The Bertz CT molecular complexity index is 1040. The van der Waals surface area contributed by atoms with E-state index in [0.717, 1.165) is 43.8 Å². The Morgan fingerprint density at radius 1 is 1.09 bits per heavy atom. The molecule has 168 valence electrons. The van der Waals surface area contributed by atoms with Crippen LogP contribution in [0.15, 0.2) is 53.1 Å².